The Kier molecular flexibility index (Phi) is 11.6. The first-order valence-corrected chi connectivity index (χ1v) is 12.5. The van der Waals surface area contributed by atoms with E-state index >= 15 is 0 Å². The van der Waals surface area contributed by atoms with E-state index in [1.165, 1.54) is 16.7 Å². The average molecular weight is 532 g/mol. The molecule has 0 saturated carbocycles. The Morgan fingerprint density at radius 2 is 1.53 bits per heavy atom. The van der Waals surface area contributed by atoms with Gasteiger partial charge in [-0.3, -0.25) is 4.90 Å². The molecule has 3 aromatic carbocycles. The summed E-state index contributed by atoms with van der Waals surface area (Å²) in [7, 11) is 2.09. The third-order valence-corrected chi connectivity index (χ3v) is 6.79. The standard InChI is InChI=1S/C30H38N2O2.2ClH/c1-24(2)34-29-14-12-28(13-15-29)31(3)19-16-30(33)17-20-32(21-18-30)23-25-8-7-11-27(22-25)26-9-5-4-6-10-26;;/h4-15,22,24,33H,16-21,23H2,1-3H3;2*1H. The average Bonchev–Trinajstić information content (AvgIpc) is 2.85. The minimum atomic E-state index is -0.586. The van der Waals surface area contributed by atoms with Gasteiger partial charge in [-0.25, -0.2) is 0 Å². The molecule has 4 nitrogen and oxygen atoms in total. The van der Waals surface area contributed by atoms with Crippen LogP contribution in [0, 0.1) is 0 Å². The lowest BCUT2D eigenvalue weighted by molar-refractivity contribution is -0.0275. The Bertz CT molecular complexity index is 1040. The number of likely N-dealkylation sites (tertiary alicyclic amines) is 1. The van der Waals surface area contributed by atoms with Crippen molar-refractivity contribution in [1.29, 1.82) is 0 Å². The van der Waals surface area contributed by atoms with Gasteiger partial charge in [-0.2, -0.15) is 0 Å². The van der Waals surface area contributed by atoms with Gasteiger partial charge >= 0.3 is 0 Å². The summed E-state index contributed by atoms with van der Waals surface area (Å²) < 4.78 is 5.74. The van der Waals surface area contributed by atoms with Gasteiger partial charge in [0.25, 0.3) is 0 Å². The van der Waals surface area contributed by atoms with E-state index in [1.54, 1.807) is 0 Å². The van der Waals surface area contributed by atoms with Gasteiger partial charge in [0.1, 0.15) is 5.75 Å². The van der Waals surface area contributed by atoms with Crippen molar-refractivity contribution in [1.82, 2.24) is 4.90 Å². The molecule has 0 aromatic heterocycles. The number of benzene rings is 3. The summed E-state index contributed by atoms with van der Waals surface area (Å²) in [5.41, 5.74) is 4.41. The molecular weight excluding hydrogens is 491 g/mol. The molecule has 0 bridgehead atoms. The SMILES string of the molecule is CC(C)Oc1ccc(N(C)CCC2(O)CCN(Cc3cccc(-c4ccccc4)c3)CC2)cc1.Cl.Cl. The molecule has 0 radical (unpaired) electrons. The van der Waals surface area contributed by atoms with Crippen LogP contribution in [0.25, 0.3) is 11.1 Å². The van der Waals surface area contributed by atoms with E-state index in [-0.39, 0.29) is 30.9 Å². The minimum absolute atomic E-state index is 0. The van der Waals surface area contributed by atoms with Crippen molar-refractivity contribution in [3.05, 3.63) is 84.4 Å². The number of piperidine rings is 1. The molecule has 0 amide bonds. The first-order chi connectivity index (χ1) is 16.4. The molecule has 0 atom stereocenters. The van der Waals surface area contributed by atoms with Crippen LogP contribution < -0.4 is 9.64 Å². The Balaban J connectivity index is 0.00000228. The fourth-order valence-corrected chi connectivity index (χ4v) is 4.67. The highest BCUT2D eigenvalue weighted by Crippen LogP contribution is 2.29. The fourth-order valence-electron chi connectivity index (χ4n) is 4.67. The molecule has 196 valence electrons. The maximum atomic E-state index is 11.2. The van der Waals surface area contributed by atoms with Crippen molar-refractivity contribution in [2.24, 2.45) is 0 Å². The second-order valence-electron chi connectivity index (χ2n) is 9.90. The molecule has 4 rings (SSSR count). The Morgan fingerprint density at radius 1 is 0.889 bits per heavy atom. The van der Waals surface area contributed by atoms with Crippen molar-refractivity contribution in [3.63, 3.8) is 0 Å². The molecule has 1 aliphatic rings. The number of hydrogen-bond donors (Lipinski definition) is 1. The lowest BCUT2D eigenvalue weighted by atomic mass is 9.87. The number of rotatable bonds is 9. The van der Waals surface area contributed by atoms with Crippen molar-refractivity contribution in [2.45, 2.75) is 51.4 Å². The second kappa shape index (κ2) is 13.9. The van der Waals surface area contributed by atoms with Crippen LogP contribution in [0.4, 0.5) is 5.69 Å². The van der Waals surface area contributed by atoms with Crippen LogP contribution in [0.5, 0.6) is 5.75 Å². The van der Waals surface area contributed by atoms with Crippen molar-refractivity contribution < 1.29 is 9.84 Å². The third-order valence-electron chi connectivity index (χ3n) is 6.79. The van der Waals surface area contributed by atoms with Gasteiger partial charge in [0, 0.05) is 38.9 Å². The molecule has 1 aliphatic heterocycles. The highest BCUT2D eigenvalue weighted by atomic mass is 35.5. The summed E-state index contributed by atoms with van der Waals surface area (Å²) in [5.74, 6) is 0.896. The van der Waals surface area contributed by atoms with Crippen LogP contribution in [0.1, 0.15) is 38.7 Å². The summed E-state index contributed by atoms with van der Waals surface area (Å²) in [4.78, 5) is 4.69. The van der Waals surface area contributed by atoms with E-state index in [0.29, 0.717) is 0 Å². The number of hydrogen-bond acceptors (Lipinski definition) is 4. The molecule has 1 fully saturated rings. The van der Waals surface area contributed by atoms with Crippen molar-refractivity contribution in [3.8, 4) is 16.9 Å². The Labute approximate surface area is 229 Å². The van der Waals surface area contributed by atoms with E-state index in [4.69, 9.17) is 4.74 Å². The summed E-state index contributed by atoms with van der Waals surface area (Å²) in [6.07, 6.45) is 2.60. The zero-order valence-electron chi connectivity index (χ0n) is 21.6. The Hall–Kier alpha value is -2.24. The smallest absolute Gasteiger partial charge is 0.119 e. The van der Waals surface area contributed by atoms with Crippen LogP contribution >= 0.6 is 24.8 Å². The number of ether oxygens (including phenoxy) is 1. The number of anilines is 1. The van der Waals surface area contributed by atoms with Gasteiger partial charge in [0.2, 0.25) is 0 Å². The molecular formula is C30H40Cl2N2O2. The van der Waals surface area contributed by atoms with E-state index in [2.05, 4.69) is 83.6 Å². The predicted molar refractivity (Wildman–Crippen MR) is 156 cm³/mol. The fraction of sp³-hybridized carbons (Fsp3) is 0.400. The van der Waals surface area contributed by atoms with E-state index in [9.17, 15) is 5.11 Å². The van der Waals surface area contributed by atoms with Crippen LogP contribution in [-0.4, -0.2) is 48.4 Å². The Morgan fingerprint density at radius 3 is 2.17 bits per heavy atom. The van der Waals surface area contributed by atoms with Gasteiger partial charge in [0.05, 0.1) is 11.7 Å². The summed E-state index contributed by atoms with van der Waals surface area (Å²) in [6.45, 7) is 7.69. The largest absolute Gasteiger partial charge is 0.491 e. The first kappa shape index (κ1) is 30.0. The van der Waals surface area contributed by atoms with Gasteiger partial charge in [-0.05, 0) is 80.1 Å². The predicted octanol–water partition coefficient (Wildman–Crippen LogP) is 6.84. The van der Waals surface area contributed by atoms with Crippen molar-refractivity contribution in [2.75, 3.05) is 31.6 Å². The maximum Gasteiger partial charge on any atom is 0.119 e. The number of aliphatic hydroxyl groups is 1. The molecule has 1 saturated heterocycles. The quantitative estimate of drug-likeness (QED) is 0.328. The van der Waals surface area contributed by atoms with Gasteiger partial charge in [-0.1, -0.05) is 48.5 Å². The summed E-state index contributed by atoms with van der Waals surface area (Å²) in [6, 6.07) is 27.6. The number of nitrogens with zero attached hydrogens (tertiary/aromatic N) is 2. The topological polar surface area (TPSA) is 35.9 Å². The van der Waals surface area contributed by atoms with Crippen LogP contribution in [0.2, 0.25) is 0 Å². The molecule has 36 heavy (non-hydrogen) atoms. The summed E-state index contributed by atoms with van der Waals surface area (Å²) >= 11 is 0. The first-order valence-electron chi connectivity index (χ1n) is 12.5. The van der Waals surface area contributed by atoms with Gasteiger partial charge in [0.15, 0.2) is 0 Å². The molecule has 6 heteroatoms. The highest BCUT2D eigenvalue weighted by molar-refractivity contribution is 5.85. The van der Waals surface area contributed by atoms with Gasteiger partial charge < -0.3 is 14.7 Å². The lowest BCUT2D eigenvalue weighted by Gasteiger charge is -2.39. The van der Waals surface area contributed by atoms with E-state index in [1.807, 2.05) is 26.0 Å². The maximum absolute atomic E-state index is 11.2. The van der Waals surface area contributed by atoms with E-state index < -0.39 is 5.60 Å². The molecule has 3 aromatic rings. The molecule has 1 heterocycles. The zero-order valence-corrected chi connectivity index (χ0v) is 23.2. The number of halogens is 2. The molecule has 0 unspecified atom stereocenters. The second-order valence-corrected chi connectivity index (χ2v) is 9.90. The highest BCUT2D eigenvalue weighted by Gasteiger charge is 2.32. The lowest BCUT2D eigenvalue weighted by Crippen LogP contribution is -2.45. The minimum Gasteiger partial charge on any atom is -0.491 e. The third kappa shape index (κ3) is 8.41. The normalized spacial score (nSPS) is 15.0. The van der Waals surface area contributed by atoms with Crippen LogP contribution in [-0.2, 0) is 6.54 Å². The van der Waals surface area contributed by atoms with Crippen LogP contribution in [0.15, 0.2) is 78.9 Å². The summed E-state index contributed by atoms with van der Waals surface area (Å²) in [5, 5.41) is 11.2. The molecule has 1 N–H and O–H groups in total. The monoisotopic (exact) mass is 530 g/mol. The zero-order chi connectivity index (χ0) is 24.0. The molecule has 0 spiro atoms. The molecule has 0 aliphatic carbocycles. The van der Waals surface area contributed by atoms with Crippen LogP contribution in [0.3, 0.4) is 0 Å². The van der Waals surface area contributed by atoms with Gasteiger partial charge in [-0.15, -0.1) is 24.8 Å². The van der Waals surface area contributed by atoms with E-state index in [0.717, 1.165) is 56.9 Å². The van der Waals surface area contributed by atoms with Crippen molar-refractivity contribution >= 4 is 30.5 Å².